The molecule has 0 unspecified atom stereocenters. The van der Waals surface area contributed by atoms with Gasteiger partial charge in [0, 0.05) is 27.5 Å². The van der Waals surface area contributed by atoms with Gasteiger partial charge >= 0.3 is 0 Å². The molecule has 0 aliphatic carbocycles. The Labute approximate surface area is 156 Å². The fourth-order valence-electron chi connectivity index (χ4n) is 2.96. The number of rotatable bonds is 6. The summed E-state index contributed by atoms with van der Waals surface area (Å²) < 4.78 is 21.0. The zero-order valence-electron chi connectivity index (χ0n) is 15.0. The number of aromatic nitrogens is 1. The van der Waals surface area contributed by atoms with E-state index < -0.39 is 0 Å². The van der Waals surface area contributed by atoms with Crippen molar-refractivity contribution in [3.63, 3.8) is 0 Å². The summed E-state index contributed by atoms with van der Waals surface area (Å²) in [6.45, 7) is 3.90. The molecule has 0 radical (unpaired) electrons. The van der Waals surface area contributed by atoms with Crippen LogP contribution in [0.1, 0.15) is 21.7 Å². The summed E-state index contributed by atoms with van der Waals surface area (Å²) in [6, 6.07) is 16.1. The summed E-state index contributed by atoms with van der Waals surface area (Å²) >= 11 is 1.22. The molecular formula is C21H20FNO2S. The van der Waals surface area contributed by atoms with Crippen LogP contribution in [-0.2, 0) is 0 Å². The molecule has 0 saturated carbocycles. The third kappa shape index (κ3) is 3.68. The van der Waals surface area contributed by atoms with Gasteiger partial charge in [-0.05, 0) is 56.3 Å². The molecule has 0 aliphatic rings. The van der Waals surface area contributed by atoms with E-state index in [2.05, 4.69) is 0 Å². The molecule has 0 bridgehead atoms. The number of methoxy groups -OCH3 is 1. The summed E-state index contributed by atoms with van der Waals surface area (Å²) in [5.74, 6) is 0.683. The van der Waals surface area contributed by atoms with E-state index >= 15 is 0 Å². The van der Waals surface area contributed by atoms with Gasteiger partial charge in [-0.3, -0.25) is 4.79 Å². The van der Waals surface area contributed by atoms with Crippen LogP contribution in [0, 0.1) is 19.7 Å². The number of benzene rings is 2. The Kier molecular flexibility index (Phi) is 5.47. The topological polar surface area (TPSA) is 31.2 Å². The third-order valence-corrected chi connectivity index (χ3v) is 5.31. The van der Waals surface area contributed by atoms with Crippen molar-refractivity contribution < 1.29 is 13.9 Å². The lowest BCUT2D eigenvalue weighted by molar-refractivity contribution is 0.102. The number of ketones is 1. The highest BCUT2D eigenvalue weighted by Crippen LogP contribution is 2.26. The van der Waals surface area contributed by atoms with Gasteiger partial charge in [-0.1, -0.05) is 12.1 Å². The quantitative estimate of drug-likeness (QED) is 0.441. The van der Waals surface area contributed by atoms with E-state index in [4.69, 9.17) is 4.74 Å². The lowest BCUT2D eigenvalue weighted by Crippen LogP contribution is -2.05. The first kappa shape index (κ1) is 18.3. The molecule has 1 heterocycles. The minimum atomic E-state index is -0.297. The second-order valence-electron chi connectivity index (χ2n) is 5.96. The zero-order chi connectivity index (χ0) is 18.7. The number of Topliss-reactive ketones (excluding diaryl/α,β-unsaturated/α-hetero) is 1. The zero-order valence-corrected chi connectivity index (χ0v) is 15.8. The van der Waals surface area contributed by atoms with Crippen LogP contribution in [0.5, 0.6) is 5.75 Å². The number of hydrogen-bond donors (Lipinski definition) is 0. The molecule has 0 spiro atoms. The van der Waals surface area contributed by atoms with Crippen molar-refractivity contribution in [2.45, 2.75) is 18.7 Å². The second kappa shape index (κ2) is 7.79. The number of carbonyl (C=O) groups is 1. The summed E-state index contributed by atoms with van der Waals surface area (Å²) in [7, 11) is 1.63. The minimum absolute atomic E-state index is 0.00823. The summed E-state index contributed by atoms with van der Waals surface area (Å²) in [5.41, 5.74) is 3.50. The summed E-state index contributed by atoms with van der Waals surface area (Å²) in [5, 5.41) is 0. The van der Waals surface area contributed by atoms with Crippen molar-refractivity contribution >= 4 is 17.5 Å². The molecule has 26 heavy (non-hydrogen) atoms. The van der Waals surface area contributed by atoms with Crippen LogP contribution >= 0.6 is 11.8 Å². The lowest BCUT2D eigenvalue weighted by Gasteiger charge is -2.10. The average molecular weight is 369 g/mol. The van der Waals surface area contributed by atoms with Crippen LogP contribution in [0.25, 0.3) is 5.69 Å². The van der Waals surface area contributed by atoms with Gasteiger partial charge in [0.05, 0.1) is 12.9 Å². The Hall–Kier alpha value is -2.53. The Bertz CT molecular complexity index is 932. The Morgan fingerprint density at radius 3 is 2.46 bits per heavy atom. The van der Waals surface area contributed by atoms with Crippen molar-refractivity contribution in [1.29, 1.82) is 0 Å². The summed E-state index contributed by atoms with van der Waals surface area (Å²) in [4.78, 5) is 13.2. The normalized spacial score (nSPS) is 10.8. The second-order valence-corrected chi connectivity index (χ2v) is 6.98. The van der Waals surface area contributed by atoms with Gasteiger partial charge in [0.25, 0.3) is 0 Å². The van der Waals surface area contributed by atoms with E-state index in [-0.39, 0.29) is 17.4 Å². The van der Waals surface area contributed by atoms with Gasteiger partial charge in [-0.2, -0.15) is 0 Å². The van der Waals surface area contributed by atoms with Gasteiger partial charge in [-0.25, -0.2) is 4.39 Å². The maximum Gasteiger partial charge on any atom is 0.174 e. The first-order valence-electron chi connectivity index (χ1n) is 8.25. The van der Waals surface area contributed by atoms with Crippen molar-refractivity contribution in [3.05, 3.63) is 77.4 Å². The fourth-order valence-corrected chi connectivity index (χ4v) is 3.78. The van der Waals surface area contributed by atoms with Crippen molar-refractivity contribution in [2.24, 2.45) is 0 Å². The Morgan fingerprint density at radius 2 is 1.81 bits per heavy atom. The van der Waals surface area contributed by atoms with Gasteiger partial charge in [0.15, 0.2) is 5.78 Å². The number of halogens is 1. The molecule has 2 aromatic carbocycles. The molecule has 0 amide bonds. The maximum absolute atomic E-state index is 13.7. The predicted molar refractivity (Wildman–Crippen MR) is 103 cm³/mol. The van der Waals surface area contributed by atoms with E-state index in [1.165, 1.54) is 17.8 Å². The molecule has 0 fully saturated rings. The molecule has 134 valence electrons. The molecule has 5 heteroatoms. The van der Waals surface area contributed by atoms with E-state index in [0.717, 1.165) is 22.8 Å². The molecule has 3 rings (SSSR count). The van der Waals surface area contributed by atoms with Crippen LogP contribution in [0.15, 0.2) is 59.5 Å². The predicted octanol–water partition coefficient (Wildman–Crippen LogP) is 5.22. The third-order valence-electron chi connectivity index (χ3n) is 4.26. The van der Waals surface area contributed by atoms with Gasteiger partial charge in [-0.15, -0.1) is 11.8 Å². The number of ether oxygens (including phenoxy) is 1. The van der Waals surface area contributed by atoms with Gasteiger partial charge in [0.1, 0.15) is 11.6 Å². The standard InChI is InChI=1S/C21H20FNO2S/c1-14-12-18(20(24)13-26-21-7-5-4-6-19(21)22)15(2)23(14)16-8-10-17(25-3)11-9-16/h4-12H,13H2,1-3H3. The molecule has 0 N–H and O–H groups in total. The number of hydrogen-bond acceptors (Lipinski definition) is 3. The Morgan fingerprint density at radius 1 is 1.12 bits per heavy atom. The highest BCUT2D eigenvalue weighted by Gasteiger charge is 2.17. The van der Waals surface area contributed by atoms with Crippen molar-refractivity contribution in [3.8, 4) is 11.4 Å². The summed E-state index contributed by atoms with van der Waals surface area (Å²) in [6.07, 6.45) is 0. The van der Waals surface area contributed by atoms with Crippen LogP contribution in [0.4, 0.5) is 4.39 Å². The van der Waals surface area contributed by atoms with E-state index in [9.17, 15) is 9.18 Å². The van der Waals surface area contributed by atoms with Gasteiger partial charge in [0.2, 0.25) is 0 Å². The highest BCUT2D eigenvalue weighted by molar-refractivity contribution is 8.00. The van der Waals surface area contributed by atoms with Crippen LogP contribution in [0.2, 0.25) is 0 Å². The van der Waals surface area contributed by atoms with Crippen molar-refractivity contribution in [2.75, 3.05) is 12.9 Å². The Balaban J connectivity index is 1.82. The molecule has 3 nitrogen and oxygen atoms in total. The smallest absolute Gasteiger partial charge is 0.174 e. The molecule has 0 atom stereocenters. The van der Waals surface area contributed by atoms with Crippen LogP contribution < -0.4 is 4.74 Å². The maximum atomic E-state index is 13.7. The largest absolute Gasteiger partial charge is 0.497 e. The minimum Gasteiger partial charge on any atom is -0.497 e. The van der Waals surface area contributed by atoms with Crippen LogP contribution in [0.3, 0.4) is 0 Å². The lowest BCUT2D eigenvalue weighted by atomic mass is 10.2. The first-order valence-corrected chi connectivity index (χ1v) is 9.23. The van der Waals surface area contributed by atoms with E-state index in [0.29, 0.717) is 10.5 Å². The molecular weight excluding hydrogens is 349 g/mol. The first-order chi connectivity index (χ1) is 12.5. The highest BCUT2D eigenvalue weighted by atomic mass is 32.2. The number of nitrogens with zero attached hydrogens (tertiary/aromatic N) is 1. The molecule has 3 aromatic rings. The van der Waals surface area contributed by atoms with E-state index in [1.807, 2.05) is 48.7 Å². The van der Waals surface area contributed by atoms with Crippen LogP contribution in [-0.4, -0.2) is 23.2 Å². The fraction of sp³-hybridized carbons (Fsp3) is 0.190. The number of aryl methyl sites for hydroxylation is 1. The molecule has 0 aliphatic heterocycles. The van der Waals surface area contributed by atoms with Gasteiger partial charge < -0.3 is 9.30 Å². The molecule has 1 aromatic heterocycles. The molecule has 0 saturated heterocycles. The SMILES string of the molecule is COc1ccc(-n2c(C)cc(C(=O)CSc3ccccc3F)c2C)cc1. The van der Waals surface area contributed by atoms with E-state index in [1.54, 1.807) is 25.3 Å². The number of carbonyl (C=O) groups excluding carboxylic acids is 1. The monoisotopic (exact) mass is 369 g/mol. The number of thioether (sulfide) groups is 1. The van der Waals surface area contributed by atoms with Crippen molar-refractivity contribution in [1.82, 2.24) is 4.57 Å². The average Bonchev–Trinajstić information content (AvgIpc) is 2.95.